The highest BCUT2D eigenvalue weighted by Gasteiger charge is 2.17. The highest BCUT2D eigenvalue weighted by molar-refractivity contribution is 5.91. The number of urea groups is 1. The van der Waals surface area contributed by atoms with Gasteiger partial charge in [-0.15, -0.1) is 0 Å². The summed E-state index contributed by atoms with van der Waals surface area (Å²) in [5.41, 5.74) is 0.351. The maximum atomic E-state index is 12.0. The molecule has 0 aliphatic rings. The first-order valence-electron chi connectivity index (χ1n) is 6.35. The molecule has 1 aromatic carbocycles. The van der Waals surface area contributed by atoms with Gasteiger partial charge in [0.25, 0.3) is 5.69 Å². The number of nitrogens with one attached hydrogen (secondary N) is 1. The van der Waals surface area contributed by atoms with Crippen LogP contribution in [-0.2, 0) is 9.53 Å². The molecule has 21 heavy (non-hydrogen) atoms. The van der Waals surface area contributed by atoms with E-state index in [2.05, 4.69) is 10.1 Å². The minimum Gasteiger partial charge on any atom is -0.468 e. The summed E-state index contributed by atoms with van der Waals surface area (Å²) < 4.78 is 4.53. The van der Waals surface area contributed by atoms with Gasteiger partial charge in [0.15, 0.2) is 0 Å². The molecule has 0 radical (unpaired) electrons. The average Bonchev–Trinajstić information content (AvgIpc) is 2.47. The molecule has 0 spiro atoms. The second-order valence-electron chi connectivity index (χ2n) is 4.23. The van der Waals surface area contributed by atoms with Crippen LogP contribution < -0.4 is 5.32 Å². The summed E-state index contributed by atoms with van der Waals surface area (Å²) in [4.78, 5) is 34.6. The number of carbonyl (C=O) groups excluding carboxylic acids is 2. The molecule has 0 aromatic heterocycles. The Hall–Kier alpha value is -2.64. The van der Waals surface area contributed by atoms with Crippen LogP contribution in [0.5, 0.6) is 0 Å². The maximum absolute atomic E-state index is 12.0. The quantitative estimate of drug-likeness (QED) is 0.491. The highest BCUT2D eigenvalue weighted by Crippen LogP contribution is 2.15. The van der Waals surface area contributed by atoms with Crippen molar-refractivity contribution < 1.29 is 19.2 Å². The zero-order valence-corrected chi connectivity index (χ0v) is 11.9. The number of methoxy groups -OCH3 is 1. The van der Waals surface area contributed by atoms with E-state index in [1.54, 1.807) is 0 Å². The van der Waals surface area contributed by atoms with Crippen LogP contribution >= 0.6 is 0 Å². The lowest BCUT2D eigenvalue weighted by Gasteiger charge is -2.21. The number of anilines is 1. The number of nitro benzene ring substituents is 1. The smallest absolute Gasteiger partial charge is 0.325 e. The van der Waals surface area contributed by atoms with Crippen LogP contribution in [0.25, 0.3) is 0 Å². The van der Waals surface area contributed by atoms with Gasteiger partial charge in [0, 0.05) is 24.4 Å². The molecule has 114 valence electrons. The minimum absolute atomic E-state index is 0.0621. The molecule has 1 N–H and O–H groups in total. The van der Waals surface area contributed by atoms with Gasteiger partial charge < -0.3 is 15.0 Å². The molecule has 1 rings (SSSR count). The normalized spacial score (nSPS) is 9.81. The van der Waals surface area contributed by atoms with Crippen LogP contribution in [0, 0.1) is 10.1 Å². The lowest BCUT2D eigenvalue weighted by atomic mass is 10.3. The van der Waals surface area contributed by atoms with Gasteiger partial charge in [-0.2, -0.15) is 0 Å². The molecule has 0 aliphatic heterocycles. The Morgan fingerprint density at radius 3 is 2.43 bits per heavy atom. The van der Waals surface area contributed by atoms with Crippen LogP contribution in [-0.4, -0.2) is 42.0 Å². The van der Waals surface area contributed by atoms with Crippen molar-refractivity contribution in [1.29, 1.82) is 0 Å². The molecular weight excluding hydrogens is 278 g/mol. The Morgan fingerprint density at radius 2 is 1.95 bits per heavy atom. The van der Waals surface area contributed by atoms with E-state index in [1.165, 1.54) is 36.3 Å². The number of hydrogen-bond acceptors (Lipinski definition) is 5. The van der Waals surface area contributed by atoms with Crippen molar-refractivity contribution in [3.8, 4) is 0 Å². The molecule has 0 saturated heterocycles. The fourth-order valence-electron chi connectivity index (χ4n) is 1.61. The number of rotatable bonds is 6. The van der Waals surface area contributed by atoms with Gasteiger partial charge in [-0.3, -0.25) is 14.9 Å². The Morgan fingerprint density at radius 1 is 1.33 bits per heavy atom. The van der Waals surface area contributed by atoms with Crippen molar-refractivity contribution in [2.45, 2.75) is 13.3 Å². The van der Waals surface area contributed by atoms with Crippen LogP contribution in [0.4, 0.5) is 16.2 Å². The summed E-state index contributed by atoms with van der Waals surface area (Å²) in [6.07, 6.45) is 0.685. The van der Waals surface area contributed by atoms with E-state index in [-0.39, 0.29) is 12.2 Å². The number of amides is 2. The van der Waals surface area contributed by atoms with E-state index in [4.69, 9.17) is 0 Å². The lowest BCUT2D eigenvalue weighted by molar-refractivity contribution is -0.384. The Bertz CT molecular complexity index is 515. The molecule has 0 fully saturated rings. The van der Waals surface area contributed by atoms with Crippen LogP contribution in [0.2, 0.25) is 0 Å². The molecule has 0 atom stereocenters. The van der Waals surface area contributed by atoms with E-state index in [0.717, 1.165) is 0 Å². The number of non-ortho nitro benzene ring substituents is 1. The largest absolute Gasteiger partial charge is 0.468 e. The van der Waals surface area contributed by atoms with Crippen molar-refractivity contribution in [3.05, 3.63) is 34.4 Å². The third-order valence-electron chi connectivity index (χ3n) is 2.66. The molecule has 0 heterocycles. The van der Waals surface area contributed by atoms with Gasteiger partial charge in [-0.05, 0) is 18.6 Å². The van der Waals surface area contributed by atoms with Gasteiger partial charge in [-0.1, -0.05) is 6.92 Å². The van der Waals surface area contributed by atoms with Crippen LogP contribution in [0.3, 0.4) is 0 Å². The first-order chi connectivity index (χ1) is 9.97. The van der Waals surface area contributed by atoms with Crippen molar-refractivity contribution in [3.63, 3.8) is 0 Å². The van der Waals surface area contributed by atoms with Gasteiger partial charge in [-0.25, -0.2) is 4.79 Å². The summed E-state index contributed by atoms with van der Waals surface area (Å²) in [5.74, 6) is -0.512. The minimum atomic E-state index is -0.522. The number of nitrogens with zero attached hydrogens (tertiary/aromatic N) is 2. The van der Waals surface area contributed by atoms with Gasteiger partial charge >= 0.3 is 12.0 Å². The van der Waals surface area contributed by atoms with E-state index < -0.39 is 16.9 Å². The zero-order valence-electron chi connectivity index (χ0n) is 11.9. The van der Waals surface area contributed by atoms with Gasteiger partial charge in [0.05, 0.1) is 12.0 Å². The fourth-order valence-corrected chi connectivity index (χ4v) is 1.61. The number of carbonyl (C=O) groups is 2. The third kappa shape index (κ3) is 5.09. The maximum Gasteiger partial charge on any atom is 0.325 e. The van der Waals surface area contributed by atoms with E-state index >= 15 is 0 Å². The Labute approximate surface area is 121 Å². The van der Waals surface area contributed by atoms with Crippen LogP contribution in [0.1, 0.15) is 13.3 Å². The summed E-state index contributed by atoms with van der Waals surface area (Å²) in [5, 5.41) is 13.1. The molecular formula is C13H17N3O5. The van der Waals surface area contributed by atoms with E-state index in [9.17, 15) is 19.7 Å². The predicted octanol–water partition coefficient (Wildman–Crippen LogP) is 2.01. The number of hydrogen-bond donors (Lipinski definition) is 1. The molecule has 0 saturated carbocycles. The van der Waals surface area contributed by atoms with E-state index in [1.807, 2.05) is 6.92 Å². The first kappa shape index (κ1) is 16.4. The number of ether oxygens (including phenoxy) is 1. The Balaban J connectivity index is 2.71. The average molecular weight is 295 g/mol. The zero-order chi connectivity index (χ0) is 15.8. The third-order valence-corrected chi connectivity index (χ3v) is 2.66. The molecule has 0 bridgehead atoms. The first-order valence-corrected chi connectivity index (χ1v) is 6.35. The number of esters is 1. The topological polar surface area (TPSA) is 102 Å². The Kier molecular flexibility index (Phi) is 6.12. The van der Waals surface area contributed by atoms with Gasteiger partial charge in [0.2, 0.25) is 0 Å². The molecule has 8 heteroatoms. The van der Waals surface area contributed by atoms with Crippen molar-refractivity contribution >= 4 is 23.4 Å². The van der Waals surface area contributed by atoms with E-state index in [0.29, 0.717) is 18.7 Å². The van der Waals surface area contributed by atoms with Crippen molar-refractivity contribution in [2.24, 2.45) is 0 Å². The summed E-state index contributed by atoms with van der Waals surface area (Å²) in [6, 6.07) is 4.98. The van der Waals surface area contributed by atoms with Gasteiger partial charge in [0.1, 0.15) is 6.54 Å². The molecule has 0 unspecified atom stereocenters. The standard InChI is InChI=1S/C13H17N3O5/c1-3-8-15(9-12(17)21-2)13(18)14-10-4-6-11(7-5-10)16(19)20/h4-7H,3,8-9H2,1-2H3,(H,14,18). The summed E-state index contributed by atoms with van der Waals surface area (Å²) in [7, 11) is 1.25. The van der Waals surface area contributed by atoms with Crippen LogP contribution in [0.15, 0.2) is 24.3 Å². The summed E-state index contributed by atoms with van der Waals surface area (Å²) >= 11 is 0. The molecule has 8 nitrogen and oxygen atoms in total. The fraction of sp³-hybridized carbons (Fsp3) is 0.385. The monoisotopic (exact) mass is 295 g/mol. The molecule has 2 amide bonds. The molecule has 1 aromatic rings. The highest BCUT2D eigenvalue weighted by atomic mass is 16.6. The summed E-state index contributed by atoms with van der Waals surface area (Å²) in [6.45, 7) is 2.13. The SMILES string of the molecule is CCCN(CC(=O)OC)C(=O)Nc1ccc([N+](=O)[O-])cc1. The second kappa shape index (κ2) is 7.83. The van der Waals surface area contributed by atoms with Crippen molar-refractivity contribution in [1.82, 2.24) is 4.90 Å². The van der Waals surface area contributed by atoms with Crippen molar-refractivity contribution in [2.75, 3.05) is 25.5 Å². The number of benzene rings is 1. The second-order valence-corrected chi connectivity index (χ2v) is 4.23. The predicted molar refractivity (Wildman–Crippen MR) is 76.0 cm³/mol. The molecule has 0 aliphatic carbocycles. The number of nitro groups is 1. The lowest BCUT2D eigenvalue weighted by Crippen LogP contribution is -2.39.